The van der Waals surface area contributed by atoms with Gasteiger partial charge in [0, 0.05) is 43.5 Å². The molecule has 5 rings (SSSR count). The van der Waals surface area contributed by atoms with Gasteiger partial charge in [-0.05, 0) is 42.3 Å². The molecule has 0 spiro atoms. The first kappa shape index (κ1) is 20.2. The highest BCUT2D eigenvalue weighted by Crippen LogP contribution is 2.35. The number of hydrogen-bond acceptors (Lipinski definition) is 8. The first-order chi connectivity index (χ1) is 15.6. The zero-order valence-electron chi connectivity index (χ0n) is 18.5. The van der Waals surface area contributed by atoms with Crippen LogP contribution >= 0.6 is 0 Å². The molecule has 1 saturated heterocycles. The fraction of sp³-hybridized carbons (Fsp3) is 0.333. The first-order valence-corrected chi connectivity index (χ1v) is 10.8. The number of anilines is 2. The molecule has 2 aromatic carbocycles. The first-order valence-electron chi connectivity index (χ1n) is 10.8. The van der Waals surface area contributed by atoms with E-state index in [1.807, 2.05) is 55.4 Å². The number of fused-ring (bicyclic) bond motifs is 1. The van der Waals surface area contributed by atoms with Crippen LogP contribution in [0.5, 0.6) is 5.75 Å². The summed E-state index contributed by atoms with van der Waals surface area (Å²) in [5, 5.41) is 15.6. The topological polar surface area (TPSA) is 80.4 Å². The van der Waals surface area contributed by atoms with Crippen LogP contribution in [-0.4, -0.2) is 54.6 Å². The number of ether oxygens (including phenoxy) is 1. The minimum Gasteiger partial charge on any atom is -0.497 e. The Morgan fingerprint density at radius 2 is 1.81 bits per heavy atom. The molecule has 0 N–H and O–H groups in total. The molecule has 1 aliphatic heterocycles. The molecule has 1 atom stereocenters. The van der Waals surface area contributed by atoms with Gasteiger partial charge in [0.2, 0.25) is 5.89 Å². The fourth-order valence-corrected chi connectivity index (χ4v) is 4.23. The summed E-state index contributed by atoms with van der Waals surface area (Å²) in [6, 6.07) is 16.2. The van der Waals surface area contributed by atoms with Gasteiger partial charge in [-0.2, -0.15) is 4.98 Å². The Morgan fingerprint density at radius 3 is 2.53 bits per heavy atom. The van der Waals surface area contributed by atoms with Crippen molar-refractivity contribution in [2.75, 3.05) is 44.1 Å². The number of benzene rings is 2. The molecule has 0 saturated carbocycles. The van der Waals surface area contributed by atoms with Crippen molar-refractivity contribution >= 4 is 22.5 Å². The normalized spacial score (nSPS) is 16.3. The van der Waals surface area contributed by atoms with Gasteiger partial charge < -0.3 is 19.1 Å². The maximum absolute atomic E-state index is 5.56. The zero-order chi connectivity index (χ0) is 22.1. The van der Waals surface area contributed by atoms with Gasteiger partial charge in [-0.1, -0.05) is 24.3 Å². The van der Waals surface area contributed by atoms with Crippen molar-refractivity contribution in [2.45, 2.75) is 18.8 Å². The number of aromatic nitrogens is 4. The zero-order valence-corrected chi connectivity index (χ0v) is 18.5. The summed E-state index contributed by atoms with van der Waals surface area (Å²) in [6.45, 7) is 1.70. The maximum Gasteiger partial charge on any atom is 0.265 e. The molecule has 1 unspecified atom stereocenters. The monoisotopic (exact) mass is 430 g/mol. The van der Waals surface area contributed by atoms with Crippen molar-refractivity contribution in [3.05, 3.63) is 54.4 Å². The van der Waals surface area contributed by atoms with Crippen LogP contribution in [0, 0.1) is 0 Å². The average molecular weight is 431 g/mol. The van der Waals surface area contributed by atoms with Crippen LogP contribution in [0.1, 0.15) is 24.7 Å². The third-order valence-electron chi connectivity index (χ3n) is 5.93. The third kappa shape index (κ3) is 3.72. The summed E-state index contributed by atoms with van der Waals surface area (Å²) in [5.41, 5.74) is 1.88. The molecule has 3 heterocycles. The Balaban J connectivity index is 1.48. The highest BCUT2D eigenvalue weighted by molar-refractivity contribution is 6.00. The van der Waals surface area contributed by atoms with E-state index in [1.54, 1.807) is 7.11 Å². The smallest absolute Gasteiger partial charge is 0.265 e. The number of rotatable bonds is 5. The van der Waals surface area contributed by atoms with Crippen molar-refractivity contribution in [1.29, 1.82) is 0 Å². The maximum atomic E-state index is 5.56. The van der Waals surface area contributed by atoms with Crippen LogP contribution < -0.4 is 14.5 Å². The molecule has 2 aromatic heterocycles. The predicted molar refractivity (Wildman–Crippen MR) is 124 cm³/mol. The summed E-state index contributed by atoms with van der Waals surface area (Å²) in [7, 11) is 5.49. The summed E-state index contributed by atoms with van der Waals surface area (Å²) in [5.74, 6) is 3.18. The van der Waals surface area contributed by atoms with Crippen molar-refractivity contribution in [1.82, 2.24) is 20.3 Å². The summed E-state index contributed by atoms with van der Waals surface area (Å²) >= 11 is 0. The van der Waals surface area contributed by atoms with Crippen molar-refractivity contribution in [2.24, 2.45) is 0 Å². The van der Waals surface area contributed by atoms with Crippen LogP contribution in [0.2, 0.25) is 0 Å². The van der Waals surface area contributed by atoms with Crippen molar-refractivity contribution < 1.29 is 9.26 Å². The lowest BCUT2D eigenvalue weighted by Gasteiger charge is -2.32. The van der Waals surface area contributed by atoms with Crippen LogP contribution in [0.25, 0.3) is 22.0 Å². The molecular weight excluding hydrogens is 404 g/mol. The molecule has 1 aliphatic rings. The van der Waals surface area contributed by atoms with Crippen LogP contribution in [0.15, 0.2) is 53.1 Å². The van der Waals surface area contributed by atoms with E-state index in [0.717, 1.165) is 59.5 Å². The number of methoxy groups -OCH3 is 1. The van der Waals surface area contributed by atoms with E-state index in [2.05, 4.69) is 37.4 Å². The van der Waals surface area contributed by atoms with Crippen molar-refractivity contribution in [3.63, 3.8) is 0 Å². The van der Waals surface area contributed by atoms with Crippen LogP contribution in [0.3, 0.4) is 0 Å². The Bertz CT molecular complexity index is 1220. The Labute approximate surface area is 186 Å². The lowest BCUT2D eigenvalue weighted by atomic mass is 9.97. The molecule has 0 aliphatic carbocycles. The number of nitrogens with zero attached hydrogens (tertiary/aromatic N) is 6. The molecule has 32 heavy (non-hydrogen) atoms. The minimum atomic E-state index is 0.173. The highest BCUT2D eigenvalue weighted by atomic mass is 16.5. The Morgan fingerprint density at radius 1 is 1.03 bits per heavy atom. The number of hydrogen-bond donors (Lipinski definition) is 0. The second-order valence-corrected chi connectivity index (χ2v) is 8.26. The summed E-state index contributed by atoms with van der Waals surface area (Å²) < 4.78 is 10.8. The van der Waals surface area contributed by atoms with E-state index in [4.69, 9.17) is 9.26 Å². The third-order valence-corrected chi connectivity index (χ3v) is 5.93. The molecule has 0 amide bonds. The molecule has 0 radical (unpaired) electrons. The van der Waals surface area contributed by atoms with E-state index in [0.29, 0.717) is 11.8 Å². The molecular formula is C24H26N6O2. The van der Waals surface area contributed by atoms with Crippen molar-refractivity contribution in [3.8, 4) is 17.0 Å². The van der Waals surface area contributed by atoms with Gasteiger partial charge >= 0.3 is 0 Å². The van der Waals surface area contributed by atoms with Gasteiger partial charge in [0.1, 0.15) is 11.4 Å². The standard InChI is InChI=1S/C24H26N6O2/c1-29(2)24-25-23(32-28-24)17-7-6-14-30(15-17)22-20-9-5-4-8-19(20)21(26-27-22)16-10-12-18(31-3)13-11-16/h4-5,8-13,17H,6-7,14-15H2,1-3H3. The largest absolute Gasteiger partial charge is 0.497 e. The van der Waals surface area contributed by atoms with E-state index in [-0.39, 0.29) is 5.92 Å². The Hall–Kier alpha value is -3.68. The lowest BCUT2D eigenvalue weighted by molar-refractivity contribution is 0.333. The SMILES string of the molecule is COc1ccc(-c2nnc(N3CCCC(c4nc(N(C)C)no4)C3)c3ccccc23)cc1. The van der Waals surface area contributed by atoms with E-state index < -0.39 is 0 Å². The minimum absolute atomic E-state index is 0.173. The predicted octanol–water partition coefficient (Wildman–Crippen LogP) is 4.14. The number of piperidine rings is 1. The molecule has 4 aromatic rings. The lowest BCUT2D eigenvalue weighted by Crippen LogP contribution is -2.35. The fourth-order valence-electron chi connectivity index (χ4n) is 4.23. The van der Waals surface area contributed by atoms with Gasteiger partial charge in [0.25, 0.3) is 5.95 Å². The highest BCUT2D eigenvalue weighted by Gasteiger charge is 2.28. The molecule has 1 fully saturated rings. The second-order valence-electron chi connectivity index (χ2n) is 8.26. The molecule has 8 heteroatoms. The Kier molecular flexibility index (Phi) is 5.34. The second kappa shape index (κ2) is 8.45. The van der Waals surface area contributed by atoms with Gasteiger partial charge in [0.05, 0.1) is 13.0 Å². The molecule has 0 bridgehead atoms. The van der Waals surface area contributed by atoms with E-state index in [9.17, 15) is 0 Å². The summed E-state index contributed by atoms with van der Waals surface area (Å²) in [6.07, 6.45) is 2.04. The summed E-state index contributed by atoms with van der Waals surface area (Å²) in [4.78, 5) is 8.71. The quantitative estimate of drug-likeness (QED) is 0.467. The molecule has 164 valence electrons. The average Bonchev–Trinajstić information content (AvgIpc) is 3.34. The van der Waals surface area contributed by atoms with Gasteiger partial charge in [-0.15, -0.1) is 10.2 Å². The van der Waals surface area contributed by atoms with Crippen LogP contribution in [0.4, 0.5) is 11.8 Å². The van der Waals surface area contributed by atoms with E-state index >= 15 is 0 Å². The molecule has 8 nitrogen and oxygen atoms in total. The van der Waals surface area contributed by atoms with Gasteiger partial charge in [0.15, 0.2) is 5.82 Å². The van der Waals surface area contributed by atoms with Gasteiger partial charge in [-0.25, -0.2) is 0 Å². The van der Waals surface area contributed by atoms with E-state index in [1.165, 1.54) is 0 Å². The van der Waals surface area contributed by atoms with Gasteiger partial charge in [-0.3, -0.25) is 0 Å². The van der Waals surface area contributed by atoms with Crippen LogP contribution in [-0.2, 0) is 0 Å².